The van der Waals surface area contributed by atoms with Crippen LogP contribution in [-0.4, -0.2) is 9.94 Å². The van der Waals surface area contributed by atoms with Crippen molar-refractivity contribution in [3.05, 3.63) is 28.5 Å². The van der Waals surface area contributed by atoms with Crippen molar-refractivity contribution in [3.8, 4) is 0 Å². The maximum absolute atomic E-state index is 9.14. The third-order valence-corrected chi connectivity index (χ3v) is 1.82. The molecule has 0 aliphatic heterocycles. The lowest BCUT2D eigenvalue weighted by atomic mass is 10.2. The lowest BCUT2D eigenvalue weighted by molar-refractivity contribution is 0.179. The average molecular weight is 169 g/mol. The minimum absolute atomic E-state index is 0.449. The predicted molar refractivity (Wildman–Crippen MR) is 46.4 cm³/mol. The average Bonchev–Trinajstić information content (AvgIpc) is 1.98. The summed E-state index contributed by atoms with van der Waals surface area (Å²) in [6, 6.07) is 3.68. The van der Waals surface area contributed by atoms with Crippen LogP contribution < -0.4 is 0 Å². The molecule has 0 bridgehead atoms. The summed E-state index contributed by atoms with van der Waals surface area (Å²) in [7, 11) is 0. The smallest absolute Gasteiger partial charge is 0.142 e. The molecule has 3 heteroatoms. The van der Waals surface area contributed by atoms with Gasteiger partial charge in [0.2, 0.25) is 0 Å². The van der Waals surface area contributed by atoms with Crippen molar-refractivity contribution in [2.45, 2.75) is 19.8 Å². The van der Waals surface area contributed by atoms with Gasteiger partial charge in [-0.3, -0.25) is 0 Å². The van der Waals surface area contributed by atoms with E-state index in [1.54, 1.807) is 12.3 Å². The van der Waals surface area contributed by atoms with Gasteiger partial charge in [-0.1, -0.05) is 31.6 Å². The fourth-order valence-electron chi connectivity index (χ4n) is 0.955. The Labute approximate surface area is 71.1 Å². The van der Waals surface area contributed by atoms with Crippen molar-refractivity contribution < 1.29 is 5.21 Å². The molecule has 0 aliphatic carbocycles. The van der Waals surface area contributed by atoms with Gasteiger partial charge in [-0.05, 0) is 18.1 Å². The van der Waals surface area contributed by atoms with Gasteiger partial charge in [0.05, 0.1) is 0 Å². The zero-order valence-electron chi connectivity index (χ0n) is 6.45. The third-order valence-electron chi connectivity index (χ3n) is 1.49. The van der Waals surface area contributed by atoms with Crippen LogP contribution in [0.3, 0.4) is 0 Å². The van der Waals surface area contributed by atoms with E-state index in [-0.39, 0.29) is 0 Å². The number of nitrogens with zero attached hydrogens (tertiary/aromatic N) is 1. The van der Waals surface area contributed by atoms with Crippen molar-refractivity contribution in [1.29, 1.82) is 0 Å². The van der Waals surface area contributed by atoms with Gasteiger partial charge in [-0.2, -0.15) is 4.73 Å². The van der Waals surface area contributed by atoms with E-state index < -0.39 is 0 Å². The van der Waals surface area contributed by atoms with E-state index in [0.29, 0.717) is 4.64 Å². The van der Waals surface area contributed by atoms with Crippen molar-refractivity contribution in [2.75, 3.05) is 0 Å². The van der Waals surface area contributed by atoms with Crippen molar-refractivity contribution >= 4 is 12.2 Å². The Morgan fingerprint density at radius 1 is 1.55 bits per heavy atom. The highest BCUT2D eigenvalue weighted by Crippen LogP contribution is 2.02. The predicted octanol–water partition coefficient (Wildman–Crippen LogP) is 2.41. The first-order valence-electron chi connectivity index (χ1n) is 3.65. The largest absolute Gasteiger partial charge is 0.428 e. The number of hydrogen-bond acceptors (Lipinski definition) is 2. The molecule has 1 N–H and O–H groups in total. The molecule has 0 aromatic carbocycles. The molecule has 0 radical (unpaired) electrons. The van der Waals surface area contributed by atoms with Gasteiger partial charge in [0, 0.05) is 6.20 Å². The summed E-state index contributed by atoms with van der Waals surface area (Å²) in [5, 5.41) is 9.14. The van der Waals surface area contributed by atoms with Crippen molar-refractivity contribution in [2.24, 2.45) is 0 Å². The molecule has 0 saturated carbocycles. The molecule has 1 aromatic heterocycles. The second-order valence-corrected chi connectivity index (χ2v) is 2.89. The zero-order chi connectivity index (χ0) is 8.27. The molecule has 1 rings (SSSR count). The lowest BCUT2D eigenvalue weighted by Gasteiger charge is -2.00. The van der Waals surface area contributed by atoms with Crippen LogP contribution in [0.4, 0.5) is 0 Å². The number of aryl methyl sites for hydroxylation is 1. The SMILES string of the molecule is CCCc1ccc(=S)n(O)c1. The van der Waals surface area contributed by atoms with Gasteiger partial charge in [0.25, 0.3) is 0 Å². The standard InChI is InChI=1S/C8H11NOS/c1-2-3-7-4-5-8(11)9(10)6-7/h4-6,10H,2-3H2,1H3. The summed E-state index contributed by atoms with van der Waals surface area (Å²) >= 11 is 4.81. The van der Waals surface area contributed by atoms with Gasteiger partial charge >= 0.3 is 0 Å². The first-order chi connectivity index (χ1) is 5.24. The molecule has 1 heterocycles. The number of rotatable bonds is 2. The van der Waals surface area contributed by atoms with Gasteiger partial charge in [-0.15, -0.1) is 0 Å². The fourth-order valence-corrected chi connectivity index (χ4v) is 1.08. The van der Waals surface area contributed by atoms with Crippen LogP contribution in [0.5, 0.6) is 0 Å². The van der Waals surface area contributed by atoms with E-state index in [1.807, 2.05) is 6.07 Å². The van der Waals surface area contributed by atoms with E-state index in [1.165, 1.54) is 0 Å². The topological polar surface area (TPSA) is 25.2 Å². The van der Waals surface area contributed by atoms with Crippen molar-refractivity contribution in [3.63, 3.8) is 0 Å². The Balaban J connectivity index is 2.96. The van der Waals surface area contributed by atoms with Gasteiger partial charge in [-0.25, -0.2) is 0 Å². The number of aromatic nitrogens is 1. The Morgan fingerprint density at radius 3 is 2.82 bits per heavy atom. The van der Waals surface area contributed by atoms with Crippen LogP contribution in [0.25, 0.3) is 0 Å². The summed E-state index contributed by atoms with van der Waals surface area (Å²) in [4.78, 5) is 0. The second kappa shape index (κ2) is 3.53. The molecule has 0 unspecified atom stereocenters. The highest BCUT2D eigenvalue weighted by molar-refractivity contribution is 7.71. The Morgan fingerprint density at radius 2 is 2.27 bits per heavy atom. The fraction of sp³-hybridized carbons (Fsp3) is 0.375. The highest BCUT2D eigenvalue weighted by Gasteiger charge is 1.92. The van der Waals surface area contributed by atoms with E-state index >= 15 is 0 Å². The molecule has 0 aliphatic rings. The molecule has 1 aromatic rings. The Hall–Kier alpha value is -0.830. The van der Waals surface area contributed by atoms with Crippen LogP contribution in [0.1, 0.15) is 18.9 Å². The molecule has 0 spiro atoms. The lowest BCUT2D eigenvalue weighted by Crippen LogP contribution is -1.95. The van der Waals surface area contributed by atoms with Gasteiger partial charge in [0.1, 0.15) is 4.64 Å². The summed E-state index contributed by atoms with van der Waals surface area (Å²) in [6.45, 7) is 2.10. The molecule has 11 heavy (non-hydrogen) atoms. The highest BCUT2D eigenvalue weighted by atomic mass is 32.1. The zero-order valence-corrected chi connectivity index (χ0v) is 7.27. The molecule has 0 amide bonds. The molecular formula is C8H11NOS. The van der Waals surface area contributed by atoms with Gasteiger partial charge < -0.3 is 5.21 Å². The Bertz CT molecular complexity index is 292. The molecule has 0 fully saturated rings. The maximum atomic E-state index is 9.14. The minimum atomic E-state index is 0.449. The summed E-state index contributed by atoms with van der Waals surface area (Å²) in [5.74, 6) is 0. The van der Waals surface area contributed by atoms with Crippen LogP contribution in [0, 0.1) is 4.64 Å². The van der Waals surface area contributed by atoms with E-state index in [4.69, 9.17) is 17.4 Å². The van der Waals surface area contributed by atoms with Crippen LogP contribution in [0.2, 0.25) is 0 Å². The van der Waals surface area contributed by atoms with E-state index in [0.717, 1.165) is 23.1 Å². The van der Waals surface area contributed by atoms with E-state index in [2.05, 4.69) is 6.92 Å². The summed E-state index contributed by atoms with van der Waals surface area (Å²) < 4.78 is 1.44. The van der Waals surface area contributed by atoms with Gasteiger partial charge in [0.15, 0.2) is 0 Å². The second-order valence-electron chi connectivity index (χ2n) is 2.47. The maximum Gasteiger partial charge on any atom is 0.142 e. The number of pyridine rings is 1. The molecular weight excluding hydrogens is 158 g/mol. The molecule has 2 nitrogen and oxygen atoms in total. The normalized spacial score (nSPS) is 9.91. The number of hydrogen-bond donors (Lipinski definition) is 1. The summed E-state index contributed by atoms with van der Waals surface area (Å²) in [6.07, 6.45) is 3.72. The van der Waals surface area contributed by atoms with Crippen LogP contribution in [-0.2, 0) is 6.42 Å². The quantitative estimate of drug-likeness (QED) is 0.543. The molecule has 0 saturated heterocycles. The van der Waals surface area contributed by atoms with E-state index in [9.17, 15) is 0 Å². The monoisotopic (exact) mass is 169 g/mol. The molecule has 60 valence electrons. The van der Waals surface area contributed by atoms with Crippen LogP contribution >= 0.6 is 12.2 Å². The first kappa shape index (κ1) is 8.27. The van der Waals surface area contributed by atoms with Crippen molar-refractivity contribution in [1.82, 2.24) is 4.73 Å². The molecule has 0 atom stereocenters. The first-order valence-corrected chi connectivity index (χ1v) is 4.05. The minimum Gasteiger partial charge on any atom is -0.428 e. The Kier molecular flexibility index (Phi) is 2.65. The summed E-state index contributed by atoms with van der Waals surface area (Å²) in [5.41, 5.74) is 1.11. The third kappa shape index (κ3) is 2.05. The van der Waals surface area contributed by atoms with Crippen LogP contribution in [0.15, 0.2) is 18.3 Å².